The van der Waals surface area contributed by atoms with Crippen LogP contribution in [0.15, 0.2) is 4.47 Å². The van der Waals surface area contributed by atoms with E-state index in [4.69, 9.17) is 4.74 Å². The third kappa shape index (κ3) is 3.80. The highest BCUT2D eigenvalue weighted by Gasteiger charge is 2.26. The molecule has 2 heterocycles. The summed E-state index contributed by atoms with van der Waals surface area (Å²) in [6, 6.07) is 0. The van der Waals surface area contributed by atoms with Gasteiger partial charge in [0.05, 0.1) is 28.9 Å². The van der Waals surface area contributed by atoms with Gasteiger partial charge in [0, 0.05) is 12.2 Å². The van der Waals surface area contributed by atoms with Crippen LogP contribution in [0.5, 0.6) is 0 Å². The Morgan fingerprint density at radius 2 is 2.11 bits per heavy atom. The maximum Gasteiger partial charge on any atom is 0.0776 e. The third-order valence-electron chi connectivity index (χ3n) is 3.66. The van der Waals surface area contributed by atoms with Crippen LogP contribution in [0.3, 0.4) is 0 Å². The van der Waals surface area contributed by atoms with Crippen molar-refractivity contribution in [2.75, 3.05) is 13.1 Å². The third-order valence-corrected chi connectivity index (χ3v) is 4.81. The molecule has 19 heavy (non-hydrogen) atoms. The largest absolute Gasteiger partial charge is 0.372 e. The number of hydrogen-bond donors (Lipinski definition) is 1. The number of nitrogens with zero attached hydrogens (tertiary/aromatic N) is 2. The lowest BCUT2D eigenvalue weighted by Gasteiger charge is -2.15. The predicted molar refractivity (Wildman–Crippen MR) is 80.5 cm³/mol. The van der Waals surface area contributed by atoms with Crippen LogP contribution in [0.2, 0.25) is 0 Å². The molecule has 1 saturated heterocycles. The summed E-state index contributed by atoms with van der Waals surface area (Å²) in [6.07, 6.45) is 4.14. The lowest BCUT2D eigenvalue weighted by molar-refractivity contribution is 0.0339. The summed E-state index contributed by atoms with van der Waals surface area (Å²) in [6.45, 7) is 9.23. The monoisotopic (exact) mass is 329 g/mol. The van der Waals surface area contributed by atoms with Crippen LogP contribution in [0.1, 0.15) is 37.6 Å². The second-order valence-electron chi connectivity index (χ2n) is 5.33. The molecule has 2 unspecified atom stereocenters. The van der Waals surface area contributed by atoms with Gasteiger partial charge in [0.1, 0.15) is 0 Å². The summed E-state index contributed by atoms with van der Waals surface area (Å²) in [7, 11) is 0. The van der Waals surface area contributed by atoms with Crippen molar-refractivity contribution < 1.29 is 4.74 Å². The molecule has 1 aliphatic rings. The summed E-state index contributed by atoms with van der Waals surface area (Å²) in [5.74, 6) is 0. The summed E-state index contributed by atoms with van der Waals surface area (Å²) >= 11 is 3.57. The quantitative estimate of drug-likeness (QED) is 0.815. The van der Waals surface area contributed by atoms with Crippen LogP contribution < -0.4 is 5.32 Å². The Kier molecular flexibility index (Phi) is 5.42. The van der Waals surface area contributed by atoms with Crippen LogP contribution >= 0.6 is 15.9 Å². The van der Waals surface area contributed by atoms with Gasteiger partial charge in [-0.3, -0.25) is 4.68 Å². The van der Waals surface area contributed by atoms with E-state index in [1.54, 1.807) is 0 Å². The van der Waals surface area contributed by atoms with Crippen LogP contribution in [-0.4, -0.2) is 35.1 Å². The van der Waals surface area contributed by atoms with Gasteiger partial charge in [-0.2, -0.15) is 5.10 Å². The first-order chi connectivity index (χ1) is 9.11. The number of ether oxygens (including phenoxy) is 1. The SMILES string of the molecule is CCCNCC1CCC(Cn2nc(C)c(Br)c2C)O1. The Hall–Kier alpha value is -0.390. The Balaban J connectivity index is 1.83. The minimum Gasteiger partial charge on any atom is -0.372 e. The van der Waals surface area contributed by atoms with Gasteiger partial charge in [0.2, 0.25) is 0 Å². The van der Waals surface area contributed by atoms with Crippen molar-refractivity contribution in [3.63, 3.8) is 0 Å². The summed E-state index contributed by atoms with van der Waals surface area (Å²) in [5.41, 5.74) is 2.24. The first-order valence-electron chi connectivity index (χ1n) is 7.17. The average Bonchev–Trinajstić information content (AvgIpc) is 2.92. The van der Waals surface area contributed by atoms with E-state index in [0.29, 0.717) is 12.2 Å². The van der Waals surface area contributed by atoms with E-state index in [1.807, 2.05) is 6.92 Å². The van der Waals surface area contributed by atoms with Crippen LogP contribution in [-0.2, 0) is 11.3 Å². The number of hydrogen-bond acceptors (Lipinski definition) is 3. The number of nitrogens with one attached hydrogen (secondary N) is 1. The lowest BCUT2D eigenvalue weighted by atomic mass is 10.2. The smallest absolute Gasteiger partial charge is 0.0776 e. The number of halogens is 1. The highest BCUT2D eigenvalue weighted by Crippen LogP contribution is 2.24. The van der Waals surface area contributed by atoms with Gasteiger partial charge in [0.25, 0.3) is 0 Å². The molecule has 0 radical (unpaired) electrons. The van der Waals surface area contributed by atoms with Crippen molar-refractivity contribution in [3.8, 4) is 0 Å². The zero-order valence-electron chi connectivity index (χ0n) is 12.1. The molecule has 0 aromatic carbocycles. The Bertz CT molecular complexity index is 419. The zero-order valence-corrected chi connectivity index (χ0v) is 13.7. The van der Waals surface area contributed by atoms with E-state index in [0.717, 1.165) is 42.6 Å². The van der Waals surface area contributed by atoms with Gasteiger partial charge in [-0.25, -0.2) is 0 Å². The molecule has 0 spiro atoms. The van der Waals surface area contributed by atoms with E-state index >= 15 is 0 Å². The van der Waals surface area contributed by atoms with Crippen LogP contribution in [0.25, 0.3) is 0 Å². The number of aryl methyl sites for hydroxylation is 1. The van der Waals surface area contributed by atoms with Crippen molar-refractivity contribution in [1.82, 2.24) is 15.1 Å². The maximum absolute atomic E-state index is 6.08. The van der Waals surface area contributed by atoms with E-state index in [1.165, 1.54) is 12.1 Å². The van der Waals surface area contributed by atoms with E-state index in [2.05, 4.69) is 44.9 Å². The summed E-state index contributed by atoms with van der Waals surface area (Å²) in [5, 5.41) is 7.98. The second kappa shape index (κ2) is 6.86. The molecule has 0 saturated carbocycles. The Morgan fingerprint density at radius 1 is 1.37 bits per heavy atom. The topological polar surface area (TPSA) is 39.1 Å². The van der Waals surface area contributed by atoms with Gasteiger partial charge in [-0.15, -0.1) is 0 Å². The summed E-state index contributed by atoms with van der Waals surface area (Å²) in [4.78, 5) is 0. The zero-order chi connectivity index (χ0) is 13.8. The number of rotatable bonds is 6. The van der Waals surface area contributed by atoms with Crippen molar-refractivity contribution in [3.05, 3.63) is 15.9 Å². The lowest BCUT2D eigenvalue weighted by Crippen LogP contribution is -2.28. The molecule has 2 atom stereocenters. The second-order valence-corrected chi connectivity index (χ2v) is 6.12. The fourth-order valence-electron chi connectivity index (χ4n) is 2.55. The molecular formula is C14H24BrN3O. The normalized spacial score (nSPS) is 23.2. The molecule has 5 heteroatoms. The van der Waals surface area contributed by atoms with Gasteiger partial charge >= 0.3 is 0 Å². The van der Waals surface area contributed by atoms with Gasteiger partial charge in [-0.05, 0) is 55.6 Å². The molecule has 1 aromatic heterocycles. The molecule has 2 rings (SSSR count). The molecule has 108 valence electrons. The highest BCUT2D eigenvalue weighted by molar-refractivity contribution is 9.10. The van der Waals surface area contributed by atoms with Crippen molar-refractivity contribution in [1.29, 1.82) is 0 Å². The van der Waals surface area contributed by atoms with E-state index in [-0.39, 0.29) is 0 Å². The first kappa shape index (κ1) is 15.0. The maximum atomic E-state index is 6.08. The number of aromatic nitrogens is 2. The molecule has 0 bridgehead atoms. The van der Waals surface area contributed by atoms with Gasteiger partial charge in [-0.1, -0.05) is 6.92 Å². The van der Waals surface area contributed by atoms with Crippen LogP contribution in [0, 0.1) is 13.8 Å². The van der Waals surface area contributed by atoms with Crippen molar-refractivity contribution in [2.24, 2.45) is 0 Å². The standard InChI is InChI=1S/C14H24BrN3O/c1-4-7-16-8-12-5-6-13(19-12)9-18-11(3)14(15)10(2)17-18/h12-13,16H,4-9H2,1-3H3. The molecule has 1 aromatic rings. The first-order valence-corrected chi connectivity index (χ1v) is 7.96. The Morgan fingerprint density at radius 3 is 2.74 bits per heavy atom. The van der Waals surface area contributed by atoms with Crippen LogP contribution in [0.4, 0.5) is 0 Å². The van der Waals surface area contributed by atoms with Gasteiger partial charge < -0.3 is 10.1 Å². The van der Waals surface area contributed by atoms with Crippen molar-refractivity contribution >= 4 is 15.9 Å². The fourth-order valence-corrected chi connectivity index (χ4v) is 2.83. The molecule has 1 N–H and O–H groups in total. The van der Waals surface area contributed by atoms with E-state index in [9.17, 15) is 0 Å². The molecule has 4 nitrogen and oxygen atoms in total. The average molecular weight is 330 g/mol. The predicted octanol–water partition coefficient (Wildman–Crippen LogP) is 2.81. The molecular weight excluding hydrogens is 306 g/mol. The molecule has 0 aliphatic carbocycles. The fraction of sp³-hybridized carbons (Fsp3) is 0.786. The molecule has 1 aliphatic heterocycles. The summed E-state index contributed by atoms with van der Waals surface area (Å²) < 4.78 is 9.26. The minimum atomic E-state index is 0.304. The molecule has 0 amide bonds. The van der Waals surface area contributed by atoms with Crippen molar-refractivity contribution in [2.45, 2.75) is 58.8 Å². The molecule has 1 fully saturated rings. The van der Waals surface area contributed by atoms with E-state index < -0.39 is 0 Å². The van der Waals surface area contributed by atoms with Gasteiger partial charge in [0.15, 0.2) is 0 Å². The highest BCUT2D eigenvalue weighted by atomic mass is 79.9. The minimum absolute atomic E-state index is 0.304. The Labute approximate surface area is 124 Å².